The summed E-state index contributed by atoms with van der Waals surface area (Å²) >= 11 is 12.7. The second-order valence-corrected chi connectivity index (χ2v) is 8.00. The lowest BCUT2D eigenvalue weighted by molar-refractivity contribution is 0.400. The van der Waals surface area contributed by atoms with Gasteiger partial charge in [0.15, 0.2) is 0 Å². The van der Waals surface area contributed by atoms with Gasteiger partial charge in [-0.05, 0) is 82.6 Å². The number of anilines is 2. The maximum Gasteiger partial charge on any atom is 0.0624 e. The number of halogens is 2. The monoisotopic (exact) mass is 449 g/mol. The van der Waals surface area contributed by atoms with Crippen LogP contribution in [-0.2, 0) is 6.42 Å². The van der Waals surface area contributed by atoms with Gasteiger partial charge in [0.25, 0.3) is 0 Å². The third-order valence-corrected chi connectivity index (χ3v) is 5.40. The molecule has 30 heavy (non-hydrogen) atoms. The van der Waals surface area contributed by atoms with Gasteiger partial charge in [-0.1, -0.05) is 62.7 Å². The van der Waals surface area contributed by atoms with Gasteiger partial charge in [0.2, 0.25) is 0 Å². The number of allylic oxidation sites excluding steroid dienone is 7. The van der Waals surface area contributed by atoms with Crippen molar-refractivity contribution in [2.75, 3.05) is 31.3 Å². The second-order valence-electron chi connectivity index (χ2n) is 7.19. The summed E-state index contributed by atoms with van der Waals surface area (Å²) in [5.74, 6) is 0. The summed E-state index contributed by atoms with van der Waals surface area (Å²) < 4.78 is 0. The van der Waals surface area contributed by atoms with Crippen molar-refractivity contribution in [3.05, 3.63) is 70.0 Å². The average Bonchev–Trinajstić information content (AvgIpc) is 2.75. The fraction of sp³-hybridized carbons (Fsp3) is 0.440. The van der Waals surface area contributed by atoms with Crippen LogP contribution in [0.2, 0.25) is 0 Å². The van der Waals surface area contributed by atoms with Gasteiger partial charge in [-0.15, -0.1) is 0 Å². The van der Waals surface area contributed by atoms with E-state index >= 15 is 0 Å². The zero-order chi connectivity index (χ0) is 22.5. The summed E-state index contributed by atoms with van der Waals surface area (Å²) in [5.41, 5.74) is 5.30. The Kier molecular flexibility index (Phi) is 12.6. The molecule has 1 aliphatic carbocycles. The van der Waals surface area contributed by atoms with E-state index in [1.165, 1.54) is 5.56 Å². The predicted molar refractivity (Wildman–Crippen MR) is 137 cm³/mol. The quantitative estimate of drug-likeness (QED) is 0.355. The SMILES string of the molecule is C=C/C(Cl)=C(\CC)Nc1cc(CCCN(C)C)ccc1NC1=C(Cl)C=CCC1.CC. The number of nitrogens with zero attached hydrogens (tertiary/aromatic N) is 1. The Hall–Kier alpha value is -1.68. The molecule has 1 aromatic rings. The zero-order valence-corrected chi connectivity index (χ0v) is 20.6. The number of aryl methyl sites for hydroxylation is 1. The van der Waals surface area contributed by atoms with Gasteiger partial charge in [-0.3, -0.25) is 0 Å². The lowest BCUT2D eigenvalue weighted by atomic mass is 10.1. The van der Waals surface area contributed by atoms with Crippen LogP contribution in [0.1, 0.15) is 52.0 Å². The van der Waals surface area contributed by atoms with Gasteiger partial charge in [0.1, 0.15) is 0 Å². The molecule has 1 aromatic carbocycles. The van der Waals surface area contributed by atoms with Gasteiger partial charge in [-0.2, -0.15) is 0 Å². The maximum absolute atomic E-state index is 6.38. The summed E-state index contributed by atoms with van der Waals surface area (Å²) in [5, 5.41) is 8.44. The molecule has 0 aromatic heterocycles. The molecule has 0 saturated carbocycles. The summed E-state index contributed by atoms with van der Waals surface area (Å²) in [6, 6.07) is 6.51. The molecule has 0 bridgehead atoms. The fourth-order valence-corrected chi connectivity index (χ4v) is 3.49. The van der Waals surface area contributed by atoms with Crippen LogP contribution < -0.4 is 10.6 Å². The second kappa shape index (κ2) is 14.3. The molecule has 5 heteroatoms. The van der Waals surface area contributed by atoms with Crippen LogP contribution in [0.3, 0.4) is 0 Å². The maximum atomic E-state index is 6.38. The van der Waals surface area contributed by atoms with Crippen LogP contribution in [0.25, 0.3) is 0 Å². The van der Waals surface area contributed by atoms with E-state index in [0.717, 1.165) is 66.5 Å². The molecular weight excluding hydrogens is 413 g/mol. The van der Waals surface area contributed by atoms with E-state index in [1.807, 2.05) is 19.9 Å². The molecule has 1 aliphatic rings. The van der Waals surface area contributed by atoms with E-state index in [-0.39, 0.29) is 0 Å². The van der Waals surface area contributed by atoms with Crippen molar-refractivity contribution >= 4 is 34.6 Å². The number of nitrogens with one attached hydrogen (secondary N) is 2. The third kappa shape index (κ3) is 8.59. The molecule has 0 heterocycles. The zero-order valence-electron chi connectivity index (χ0n) is 19.1. The van der Waals surface area contributed by atoms with Gasteiger partial charge < -0.3 is 15.5 Å². The summed E-state index contributed by atoms with van der Waals surface area (Å²) in [4.78, 5) is 2.21. The molecule has 2 rings (SSSR count). The van der Waals surface area contributed by atoms with Crippen molar-refractivity contribution in [1.82, 2.24) is 4.90 Å². The molecule has 166 valence electrons. The Bertz CT molecular complexity index is 777. The highest BCUT2D eigenvalue weighted by Gasteiger charge is 2.12. The molecule has 3 nitrogen and oxygen atoms in total. The molecule has 0 spiro atoms. The first-order valence-electron chi connectivity index (χ1n) is 10.8. The van der Waals surface area contributed by atoms with E-state index in [9.17, 15) is 0 Å². The van der Waals surface area contributed by atoms with Crippen LogP contribution in [0.4, 0.5) is 11.4 Å². The number of hydrogen-bond donors (Lipinski definition) is 2. The van der Waals surface area contributed by atoms with Crippen molar-refractivity contribution in [2.24, 2.45) is 0 Å². The third-order valence-electron chi connectivity index (χ3n) is 4.66. The molecule has 0 radical (unpaired) electrons. The van der Waals surface area contributed by atoms with Crippen molar-refractivity contribution in [1.29, 1.82) is 0 Å². The van der Waals surface area contributed by atoms with Crippen LogP contribution in [0, 0.1) is 0 Å². The Morgan fingerprint density at radius 1 is 1.23 bits per heavy atom. The van der Waals surface area contributed by atoms with Crippen LogP contribution in [0.5, 0.6) is 0 Å². The van der Waals surface area contributed by atoms with Crippen LogP contribution in [0.15, 0.2) is 64.5 Å². The minimum absolute atomic E-state index is 0.643. The lowest BCUT2D eigenvalue weighted by Gasteiger charge is -2.20. The normalized spacial score (nSPS) is 14.1. The summed E-state index contributed by atoms with van der Waals surface area (Å²) in [6.45, 7) is 10.9. The van der Waals surface area contributed by atoms with Crippen molar-refractivity contribution < 1.29 is 0 Å². The number of benzene rings is 1. The molecule has 0 amide bonds. The van der Waals surface area contributed by atoms with Crippen molar-refractivity contribution in [3.63, 3.8) is 0 Å². The molecule has 0 aliphatic heterocycles. The Morgan fingerprint density at radius 2 is 1.97 bits per heavy atom. The Balaban J connectivity index is 0.00000218. The first kappa shape index (κ1) is 26.4. The number of hydrogen-bond acceptors (Lipinski definition) is 3. The van der Waals surface area contributed by atoms with Gasteiger partial charge in [0, 0.05) is 11.4 Å². The highest BCUT2D eigenvalue weighted by Crippen LogP contribution is 2.31. The molecular formula is C25H37Cl2N3. The summed E-state index contributed by atoms with van der Waals surface area (Å²) in [7, 11) is 4.21. The van der Waals surface area contributed by atoms with Gasteiger partial charge >= 0.3 is 0 Å². The highest BCUT2D eigenvalue weighted by molar-refractivity contribution is 6.32. The van der Waals surface area contributed by atoms with E-state index in [4.69, 9.17) is 23.2 Å². The molecule has 0 fully saturated rings. The predicted octanol–water partition coefficient (Wildman–Crippen LogP) is 7.88. The molecule has 0 saturated heterocycles. The standard InChI is InChI=1S/C23H31Cl2N3.C2H6/c1-5-18(24)20(6-2)26-23-16-17(10-9-15-28(3)4)13-14-22(23)27-21-12-8-7-11-19(21)25;1-2/h5,7,11,13-14,16,26-27H,1,6,8-10,12,15H2,2-4H3;1-2H3/b20-18-;. The van der Waals surface area contributed by atoms with E-state index in [0.29, 0.717) is 5.03 Å². The smallest absolute Gasteiger partial charge is 0.0624 e. The van der Waals surface area contributed by atoms with Gasteiger partial charge in [-0.25, -0.2) is 0 Å². The Labute approximate surface area is 193 Å². The van der Waals surface area contributed by atoms with E-state index in [2.05, 4.69) is 67.4 Å². The molecule has 2 N–H and O–H groups in total. The van der Waals surface area contributed by atoms with E-state index in [1.54, 1.807) is 6.08 Å². The van der Waals surface area contributed by atoms with Gasteiger partial charge in [0.05, 0.1) is 21.4 Å². The largest absolute Gasteiger partial charge is 0.356 e. The topological polar surface area (TPSA) is 27.3 Å². The van der Waals surface area contributed by atoms with Crippen LogP contribution in [-0.4, -0.2) is 25.5 Å². The average molecular weight is 450 g/mol. The Morgan fingerprint density at radius 3 is 2.57 bits per heavy atom. The molecule has 0 atom stereocenters. The number of rotatable bonds is 10. The first-order valence-corrected chi connectivity index (χ1v) is 11.6. The van der Waals surface area contributed by atoms with Crippen molar-refractivity contribution in [2.45, 2.75) is 52.9 Å². The van der Waals surface area contributed by atoms with Crippen molar-refractivity contribution in [3.8, 4) is 0 Å². The minimum Gasteiger partial charge on any atom is -0.356 e. The van der Waals surface area contributed by atoms with E-state index < -0.39 is 0 Å². The lowest BCUT2D eigenvalue weighted by Crippen LogP contribution is -2.13. The fourth-order valence-electron chi connectivity index (χ4n) is 3.08. The molecule has 0 unspecified atom stereocenters. The summed E-state index contributed by atoms with van der Waals surface area (Å²) in [6.07, 6.45) is 10.6. The highest BCUT2D eigenvalue weighted by atomic mass is 35.5. The first-order chi connectivity index (χ1) is 14.4. The minimum atomic E-state index is 0.643. The van der Waals surface area contributed by atoms with Crippen LogP contribution >= 0.6 is 23.2 Å².